The molecule has 0 radical (unpaired) electrons. The van der Waals surface area contributed by atoms with Crippen molar-refractivity contribution in [3.63, 3.8) is 0 Å². The Morgan fingerprint density at radius 3 is 2.53 bits per heavy atom. The zero-order chi connectivity index (χ0) is 13.1. The number of Topliss-reactive ketones (excluding diaryl/α,β-unsaturated/α-hetero) is 1. The molecule has 17 heavy (non-hydrogen) atoms. The third-order valence-corrected chi connectivity index (χ3v) is 3.36. The summed E-state index contributed by atoms with van der Waals surface area (Å²) < 4.78 is 4.94. The van der Waals surface area contributed by atoms with Gasteiger partial charge in [0.25, 0.3) is 0 Å². The van der Waals surface area contributed by atoms with Gasteiger partial charge in [-0.2, -0.15) is 0 Å². The van der Waals surface area contributed by atoms with E-state index in [2.05, 4.69) is 11.8 Å². The maximum absolute atomic E-state index is 12.1. The van der Waals surface area contributed by atoms with Crippen LogP contribution < -0.4 is 0 Å². The third kappa shape index (κ3) is 3.53. The molecule has 0 spiro atoms. The van der Waals surface area contributed by atoms with Crippen molar-refractivity contribution in [1.29, 1.82) is 0 Å². The summed E-state index contributed by atoms with van der Waals surface area (Å²) in [5, 5.41) is 0. The number of rotatable bonds is 5. The van der Waals surface area contributed by atoms with Crippen molar-refractivity contribution in [2.75, 3.05) is 26.2 Å². The summed E-state index contributed by atoms with van der Waals surface area (Å²) in [4.78, 5) is 25.9. The second-order valence-corrected chi connectivity index (χ2v) is 5.40. The lowest BCUT2D eigenvalue weighted by Gasteiger charge is -2.24. The Bertz CT molecular complexity index is 299. The molecule has 0 aromatic carbocycles. The summed E-state index contributed by atoms with van der Waals surface area (Å²) in [5.74, 6) is 0.177. The van der Waals surface area contributed by atoms with Crippen LogP contribution in [0.3, 0.4) is 0 Å². The smallest absolute Gasteiger partial charge is 0.319 e. The first-order valence-electron chi connectivity index (χ1n) is 6.30. The summed E-state index contributed by atoms with van der Waals surface area (Å²) in [6.07, 6.45) is 1.13. The lowest BCUT2D eigenvalue weighted by molar-refractivity contribution is -0.158. The number of nitrogens with zero attached hydrogens (tertiary/aromatic N) is 1. The zero-order valence-electron chi connectivity index (χ0n) is 11.3. The summed E-state index contributed by atoms with van der Waals surface area (Å²) >= 11 is 0. The molecule has 0 N–H and O–H groups in total. The number of ketones is 1. The number of carbonyl (C=O) groups is 2. The van der Waals surface area contributed by atoms with Gasteiger partial charge in [-0.25, -0.2) is 0 Å². The summed E-state index contributed by atoms with van der Waals surface area (Å²) in [7, 11) is 0. The molecule has 0 aliphatic carbocycles. The molecule has 1 atom stereocenters. The van der Waals surface area contributed by atoms with Gasteiger partial charge in [0.2, 0.25) is 0 Å². The zero-order valence-corrected chi connectivity index (χ0v) is 11.3. The second-order valence-electron chi connectivity index (χ2n) is 5.40. The molecular weight excluding hydrogens is 218 g/mol. The minimum absolute atomic E-state index is 0.0509. The van der Waals surface area contributed by atoms with Gasteiger partial charge < -0.3 is 4.74 Å². The molecule has 1 aliphatic heterocycles. The highest BCUT2D eigenvalue weighted by molar-refractivity contribution is 6.03. The van der Waals surface area contributed by atoms with Crippen molar-refractivity contribution in [3.8, 4) is 0 Å². The SMILES string of the molecule is CCOC(=O)C(C)(C)C(=O)CN1CCC(C)C1. The minimum atomic E-state index is -1.03. The van der Waals surface area contributed by atoms with Crippen molar-refractivity contribution < 1.29 is 14.3 Å². The van der Waals surface area contributed by atoms with Crippen molar-refractivity contribution in [3.05, 3.63) is 0 Å². The number of ether oxygens (including phenoxy) is 1. The van der Waals surface area contributed by atoms with Gasteiger partial charge in [0.05, 0.1) is 13.2 Å². The fourth-order valence-electron chi connectivity index (χ4n) is 2.00. The van der Waals surface area contributed by atoms with Gasteiger partial charge in [-0.1, -0.05) is 6.92 Å². The predicted molar refractivity (Wildman–Crippen MR) is 65.6 cm³/mol. The third-order valence-electron chi connectivity index (χ3n) is 3.36. The molecule has 1 aliphatic rings. The largest absolute Gasteiger partial charge is 0.465 e. The van der Waals surface area contributed by atoms with E-state index in [1.807, 2.05) is 0 Å². The molecule has 1 fully saturated rings. The van der Waals surface area contributed by atoms with E-state index in [1.54, 1.807) is 20.8 Å². The van der Waals surface area contributed by atoms with Gasteiger partial charge in [0.15, 0.2) is 5.78 Å². The van der Waals surface area contributed by atoms with Crippen LogP contribution in [0.15, 0.2) is 0 Å². The predicted octanol–water partition coefficient (Wildman–Crippen LogP) is 1.49. The Kier molecular flexibility index (Phi) is 4.69. The second kappa shape index (κ2) is 5.63. The van der Waals surface area contributed by atoms with Gasteiger partial charge in [0.1, 0.15) is 5.41 Å². The van der Waals surface area contributed by atoms with Crippen LogP contribution in [0.2, 0.25) is 0 Å². The Morgan fingerprint density at radius 1 is 1.41 bits per heavy atom. The normalized spacial score (nSPS) is 21.5. The molecule has 0 amide bonds. The first-order valence-corrected chi connectivity index (χ1v) is 6.30. The number of hydrogen-bond acceptors (Lipinski definition) is 4. The van der Waals surface area contributed by atoms with E-state index >= 15 is 0 Å². The van der Waals surface area contributed by atoms with E-state index in [1.165, 1.54) is 0 Å². The number of esters is 1. The maximum Gasteiger partial charge on any atom is 0.319 e. The molecule has 1 saturated heterocycles. The van der Waals surface area contributed by atoms with Crippen LogP contribution >= 0.6 is 0 Å². The first-order chi connectivity index (χ1) is 7.87. The average molecular weight is 241 g/mol. The maximum atomic E-state index is 12.1. The quantitative estimate of drug-likeness (QED) is 0.540. The first kappa shape index (κ1) is 14.2. The van der Waals surface area contributed by atoms with Crippen LogP contribution in [-0.4, -0.2) is 42.9 Å². The summed E-state index contributed by atoms with van der Waals surface area (Å²) in [5.41, 5.74) is -1.03. The van der Waals surface area contributed by atoms with E-state index in [9.17, 15) is 9.59 Å². The molecule has 4 nitrogen and oxygen atoms in total. The van der Waals surface area contributed by atoms with Crippen molar-refractivity contribution >= 4 is 11.8 Å². The fourth-order valence-corrected chi connectivity index (χ4v) is 2.00. The number of likely N-dealkylation sites (tertiary alicyclic amines) is 1. The Balaban J connectivity index is 2.53. The van der Waals surface area contributed by atoms with Crippen LogP contribution in [-0.2, 0) is 14.3 Å². The Morgan fingerprint density at radius 2 is 2.06 bits per heavy atom. The number of carbonyl (C=O) groups excluding carboxylic acids is 2. The van der Waals surface area contributed by atoms with Crippen LogP contribution in [0.5, 0.6) is 0 Å². The molecule has 0 bridgehead atoms. The molecule has 1 unspecified atom stereocenters. The fraction of sp³-hybridized carbons (Fsp3) is 0.846. The van der Waals surface area contributed by atoms with Crippen molar-refractivity contribution in [1.82, 2.24) is 4.90 Å². The lowest BCUT2D eigenvalue weighted by Crippen LogP contribution is -2.41. The molecule has 4 heteroatoms. The molecule has 1 heterocycles. The standard InChI is InChI=1S/C13H23NO3/c1-5-17-12(16)13(3,4)11(15)9-14-7-6-10(2)8-14/h10H,5-9H2,1-4H3. The van der Waals surface area contributed by atoms with Crippen LogP contribution in [0.4, 0.5) is 0 Å². The van der Waals surface area contributed by atoms with E-state index in [0.29, 0.717) is 19.1 Å². The van der Waals surface area contributed by atoms with Gasteiger partial charge in [-0.3, -0.25) is 14.5 Å². The monoisotopic (exact) mass is 241 g/mol. The molecule has 98 valence electrons. The van der Waals surface area contributed by atoms with E-state index in [4.69, 9.17) is 4.74 Å². The van der Waals surface area contributed by atoms with Gasteiger partial charge >= 0.3 is 5.97 Å². The molecule has 0 aromatic heterocycles. The molecule has 1 rings (SSSR count). The van der Waals surface area contributed by atoms with Crippen LogP contribution in [0.25, 0.3) is 0 Å². The molecule has 0 saturated carbocycles. The van der Waals surface area contributed by atoms with Gasteiger partial charge in [0, 0.05) is 6.54 Å². The van der Waals surface area contributed by atoms with Crippen LogP contribution in [0.1, 0.15) is 34.1 Å². The Labute approximate surface area is 103 Å². The average Bonchev–Trinajstić information content (AvgIpc) is 2.64. The van der Waals surface area contributed by atoms with E-state index in [-0.39, 0.29) is 5.78 Å². The number of hydrogen-bond donors (Lipinski definition) is 0. The van der Waals surface area contributed by atoms with Crippen LogP contribution in [0, 0.1) is 11.3 Å². The summed E-state index contributed by atoms with van der Waals surface area (Å²) in [6.45, 7) is 9.80. The molecule has 0 aromatic rings. The van der Waals surface area contributed by atoms with Gasteiger partial charge in [-0.15, -0.1) is 0 Å². The van der Waals surface area contributed by atoms with E-state index in [0.717, 1.165) is 19.5 Å². The summed E-state index contributed by atoms with van der Waals surface area (Å²) in [6, 6.07) is 0. The highest BCUT2D eigenvalue weighted by Crippen LogP contribution is 2.22. The van der Waals surface area contributed by atoms with E-state index < -0.39 is 11.4 Å². The van der Waals surface area contributed by atoms with Gasteiger partial charge in [-0.05, 0) is 39.7 Å². The topological polar surface area (TPSA) is 46.6 Å². The molecular formula is C13H23NO3. The highest BCUT2D eigenvalue weighted by atomic mass is 16.5. The van der Waals surface area contributed by atoms with Crippen molar-refractivity contribution in [2.45, 2.75) is 34.1 Å². The Hall–Kier alpha value is -0.900. The minimum Gasteiger partial charge on any atom is -0.465 e. The lowest BCUT2D eigenvalue weighted by atomic mass is 9.88. The highest BCUT2D eigenvalue weighted by Gasteiger charge is 2.38. The van der Waals surface area contributed by atoms with Crippen molar-refractivity contribution in [2.24, 2.45) is 11.3 Å².